The van der Waals surface area contributed by atoms with Crippen LogP contribution in [-0.2, 0) is 64.0 Å². The third-order valence-corrected chi connectivity index (χ3v) is 14.1. The van der Waals surface area contributed by atoms with Gasteiger partial charge in [-0.15, -0.1) is 0 Å². The molecule has 2 saturated heterocycles. The van der Waals surface area contributed by atoms with Crippen LogP contribution < -0.4 is 81.7 Å². The highest BCUT2D eigenvalue weighted by molar-refractivity contribution is 8.76. The summed E-state index contributed by atoms with van der Waals surface area (Å²) in [7, 11) is 1.87. The molecule has 0 aromatic heterocycles. The molecule has 0 bridgehead atoms. The third-order valence-electron chi connectivity index (χ3n) is 11.7. The minimum absolute atomic E-state index is 0.00751. The van der Waals surface area contributed by atoms with E-state index in [4.69, 9.17) is 39.1 Å². The number of nitrogens with two attached hydrogens (primary N) is 6. The molecule has 0 radical (unpaired) electrons. The molecule has 1 aromatic rings. The molecule has 0 aliphatic carbocycles. The number of amides is 11. The zero-order valence-corrected chi connectivity index (χ0v) is 45.3. The molecule has 1 aromatic carbocycles. The lowest BCUT2D eigenvalue weighted by Gasteiger charge is -2.30. The molecule has 3 rings (SSSR count). The van der Waals surface area contributed by atoms with Crippen molar-refractivity contribution in [3.63, 3.8) is 0 Å². The molecule has 2 aliphatic rings. The van der Waals surface area contributed by atoms with Crippen molar-refractivity contribution in [1.29, 1.82) is 0 Å². The van der Waals surface area contributed by atoms with Crippen LogP contribution in [0.2, 0.25) is 0 Å². The Labute approximate surface area is 461 Å². The van der Waals surface area contributed by atoms with E-state index in [9.17, 15) is 62.6 Å². The average molecular weight is 1150 g/mol. The largest absolute Gasteiger partial charge is 0.494 e. The Morgan fingerprint density at radius 1 is 0.696 bits per heavy atom. The summed E-state index contributed by atoms with van der Waals surface area (Å²) < 4.78 is 5.52. The second-order valence-corrected chi connectivity index (χ2v) is 20.6. The van der Waals surface area contributed by atoms with Gasteiger partial charge in [0.15, 0.2) is 11.9 Å². The zero-order valence-electron chi connectivity index (χ0n) is 43.6. The van der Waals surface area contributed by atoms with Crippen molar-refractivity contribution in [1.82, 2.24) is 47.4 Å². The molecule has 2 fully saturated rings. The molecule has 8 atom stereocenters. The fraction of sp³-hybridized carbons (Fsp3) is 0.565. The summed E-state index contributed by atoms with van der Waals surface area (Å²) in [5.41, 5.74) is 33.5. The molecule has 11 amide bonds. The van der Waals surface area contributed by atoms with Crippen LogP contribution in [0.1, 0.15) is 70.8 Å². The number of ether oxygens (including phenoxy) is 1. The standard InChI is InChI=1S/C46H71N17O14S2/c1-3-77-25-12-10-24(11-13-25)17-28-40(72)58-27(8-5-15-54-46(51)52)39(71)62-31(37(48)69)21-78-79-22-32(56-23(2)64)42(74)61-30(18-34(47)65)44(76)63-16-6-9-33(63)43(75)59-26(7-4-14-53-45(49)50)38(70)55-20-35(66)57-29(19-36(67)68)41(73)60-28/h10-13,26-33H,3-9,14-22H2,1-2H3,(H2,47,65)(H2,48,69)(H,55,70)(H,56,64)(H,57,66)(H,58,72)(H,59,75)(H,60,73)(H,61,74)(H,62,71)(H,67,68)(H4,49,50,53)(H4,51,52,54)/t26-,27-,28-,29-,30-,31-,32-,33-/m0/s1. The Morgan fingerprint density at radius 3 is 1.82 bits per heavy atom. The van der Waals surface area contributed by atoms with Gasteiger partial charge in [-0.05, 0) is 63.1 Å². The minimum atomic E-state index is -1.88. The van der Waals surface area contributed by atoms with Crippen molar-refractivity contribution in [3.05, 3.63) is 29.8 Å². The number of hydrogen-bond acceptors (Lipinski definition) is 17. The Hall–Kier alpha value is -8.10. The molecule has 2 heterocycles. The number of nitrogens with zero attached hydrogens (tertiary/aromatic N) is 3. The summed E-state index contributed by atoms with van der Waals surface area (Å²) in [6.45, 7) is 2.26. The molecule has 436 valence electrons. The molecule has 79 heavy (non-hydrogen) atoms. The van der Waals surface area contributed by atoms with E-state index >= 15 is 0 Å². The number of carboxylic acids is 1. The van der Waals surface area contributed by atoms with Gasteiger partial charge in [0.25, 0.3) is 0 Å². The Balaban J connectivity index is 2.13. The maximum atomic E-state index is 14.4. The number of carbonyl (C=O) groups is 12. The van der Waals surface area contributed by atoms with Gasteiger partial charge in [-0.25, -0.2) is 0 Å². The molecular formula is C46H71N17O14S2. The van der Waals surface area contributed by atoms with E-state index < -0.39 is 139 Å². The maximum Gasteiger partial charge on any atom is 0.305 e. The fourth-order valence-corrected chi connectivity index (χ4v) is 10.3. The summed E-state index contributed by atoms with van der Waals surface area (Å²) in [4.78, 5) is 170. The lowest BCUT2D eigenvalue weighted by Crippen LogP contribution is -2.59. The monoisotopic (exact) mass is 1150 g/mol. The SMILES string of the molecule is CCOc1ccc(C[C@@H]2NC(=O)[C@H](CC(=O)O)NC(=O)CNC(=O)[C@H](CCCN=C(N)N)NC(=O)[C@@H]3CCCN3C(=O)[C@H](CC(N)=O)NC(=O)[C@@H](NC(C)=O)CSSC[C@@H](C(N)=O)NC(=O)[C@H](CCCN=C(N)N)NC2=O)cc1. The van der Waals surface area contributed by atoms with E-state index in [0.29, 0.717) is 17.9 Å². The van der Waals surface area contributed by atoms with Gasteiger partial charge >= 0.3 is 5.97 Å². The number of guanidine groups is 2. The number of rotatable bonds is 18. The predicted octanol–water partition coefficient (Wildman–Crippen LogP) is -6.51. The highest BCUT2D eigenvalue weighted by Gasteiger charge is 2.40. The first-order valence-corrected chi connectivity index (χ1v) is 27.4. The second kappa shape index (κ2) is 33.2. The van der Waals surface area contributed by atoms with Crippen LogP contribution in [0.15, 0.2) is 34.3 Å². The van der Waals surface area contributed by atoms with Crippen LogP contribution in [0.3, 0.4) is 0 Å². The number of carboxylic acid groups (broad SMARTS) is 1. The van der Waals surface area contributed by atoms with E-state index in [2.05, 4.69) is 52.5 Å². The summed E-state index contributed by atoms with van der Waals surface area (Å²) >= 11 is 0. The zero-order chi connectivity index (χ0) is 58.8. The van der Waals surface area contributed by atoms with Crippen LogP contribution in [0, 0.1) is 0 Å². The van der Waals surface area contributed by atoms with Crippen molar-refractivity contribution in [3.8, 4) is 5.75 Å². The van der Waals surface area contributed by atoms with Gasteiger partial charge in [0.2, 0.25) is 65.0 Å². The van der Waals surface area contributed by atoms with Crippen molar-refractivity contribution in [2.45, 2.75) is 120 Å². The maximum absolute atomic E-state index is 14.4. The quantitative estimate of drug-likeness (QED) is 0.0281. The lowest BCUT2D eigenvalue weighted by atomic mass is 10.0. The topological polar surface area (TPSA) is 515 Å². The summed E-state index contributed by atoms with van der Waals surface area (Å²) in [5.74, 6) is -12.6. The van der Waals surface area contributed by atoms with Crippen molar-refractivity contribution in [2.75, 3.05) is 44.3 Å². The van der Waals surface area contributed by atoms with E-state index in [-0.39, 0.29) is 88.0 Å². The van der Waals surface area contributed by atoms with Gasteiger partial charge in [0.05, 0.1) is 26.0 Å². The second-order valence-electron chi connectivity index (χ2n) is 18.0. The highest BCUT2D eigenvalue weighted by Crippen LogP contribution is 2.24. The normalized spacial score (nSPS) is 23.6. The number of benzene rings is 1. The van der Waals surface area contributed by atoms with Crippen LogP contribution in [-0.4, -0.2) is 186 Å². The first-order valence-electron chi connectivity index (χ1n) is 24.9. The predicted molar refractivity (Wildman–Crippen MR) is 288 cm³/mol. The number of aliphatic carboxylic acids is 1. The lowest BCUT2D eigenvalue weighted by molar-refractivity contribution is -0.143. The van der Waals surface area contributed by atoms with E-state index in [1.165, 1.54) is 0 Å². The Morgan fingerprint density at radius 2 is 1.25 bits per heavy atom. The molecule has 31 nitrogen and oxygen atoms in total. The van der Waals surface area contributed by atoms with Crippen molar-refractivity contribution < 1.29 is 67.4 Å². The summed E-state index contributed by atoms with van der Waals surface area (Å²) in [6.07, 6.45) is -1.86. The van der Waals surface area contributed by atoms with Gasteiger partial charge in [-0.1, -0.05) is 33.7 Å². The van der Waals surface area contributed by atoms with E-state index in [1.807, 2.05) is 0 Å². The van der Waals surface area contributed by atoms with Crippen LogP contribution in [0.25, 0.3) is 0 Å². The van der Waals surface area contributed by atoms with Gasteiger partial charge in [0.1, 0.15) is 54.1 Å². The molecule has 0 spiro atoms. The highest BCUT2D eigenvalue weighted by atomic mass is 33.1. The third kappa shape index (κ3) is 23.6. The molecule has 0 saturated carbocycles. The molecule has 0 unspecified atom stereocenters. The first-order chi connectivity index (χ1) is 37.4. The fourth-order valence-electron chi connectivity index (χ4n) is 7.92. The smallest absolute Gasteiger partial charge is 0.305 e. The molecule has 2 aliphatic heterocycles. The van der Waals surface area contributed by atoms with Crippen LogP contribution >= 0.6 is 21.6 Å². The summed E-state index contributed by atoms with van der Waals surface area (Å²) in [5, 5.41) is 29.4. The van der Waals surface area contributed by atoms with Gasteiger partial charge in [-0.3, -0.25) is 67.5 Å². The number of fused-ring (bicyclic) bond motifs is 1. The van der Waals surface area contributed by atoms with Gasteiger partial charge in [-0.2, -0.15) is 0 Å². The number of aliphatic imine (C=N–C) groups is 2. The number of nitrogens with one attached hydrogen (secondary N) is 8. The molecule has 33 heteroatoms. The number of primary amides is 2. The Kier molecular flexibility index (Phi) is 27.4. The average Bonchev–Trinajstić information content (AvgIpc) is 3.89. The molecule has 21 N–H and O–H groups in total. The molecular weight excluding hydrogens is 1080 g/mol. The van der Waals surface area contributed by atoms with Gasteiger partial charge < -0.3 is 91.7 Å². The Bertz CT molecular complexity index is 2430. The van der Waals surface area contributed by atoms with E-state index in [1.54, 1.807) is 31.2 Å². The minimum Gasteiger partial charge on any atom is -0.494 e. The van der Waals surface area contributed by atoms with E-state index in [0.717, 1.165) is 33.4 Å². The first kappa shape index (κ1) is 65.2. The number of hydrogen-bond donors (Lipinski definition) is 15. The number of carbonyl (C=O) groups excluding carboxylic acids is 11. The van der Waals surface area contributed by atoms with Gasteiger partial charge in [0, 0.05) is 44.5 Å². The summed E-state index contributed by atoms with van der Waals surface area (Å²) in [6, 6.07) is -5.74. The van der Waals surface area contributed by atoms with Crippen LogP contribution in [0.5, 0.6) is 5.75 Å². The van der Waals surface area contributed by atoms with Crippen LogP contribution in [0.4, 0.5) is 0 Å². The van der Waals surface area contributed by atoms with Crippen molar-refractivity contribution in [2.24, 2.45) is 44.4 Å². The van der Waals surface area contributed by atoms with Crippen molar-refractivity contribution >= 4 is 104 Å².